The lowest BCUT2D eigenvalue weighted by atomic mass is 9.41. The molecule has 0 aromatic rings. The minimum absolute atomic E-state index is 0.0147. The first-order chi connectivity index (χ1) is 23.9. The van der Waals surface area contributed by atoms with Crippen molar-refractivity contribution in [1.29, 1.82) is 0 Å². The summed E-state index contributed by atoms with van der Waals surface area (Å²) in [4.78, 5) is 0. The van der Waals surface area contributed by atoms with Gasteiger partial charge in [0.05, 0.1) is 49.3 Å². The second-order valence-corrected chi connectivity index (χ2v) is 17.5. The Bertz CT molecular complexity index is 1240. The average molecular weight is 731 g/mol. The monoisotopic (exact) mass is 730 g/mol. The van der Waals surface area contributed by atoms with Gasteiger partial charge in [-0.25, -0.2) is 0 Å². The van der Waals surface area contributed by atoms with Crippen molar-refractivity contribution >= 4 is 0 Å². The normalized spacial score (nSPS) is 54.3. The van der Waals surface area contributed by atoms with Crippen LogP contribution in [0.5, 0.6) is 0 Å². The van der Waals surface area contributed by atoms with Crippen LogP contribution in [0.3, 0.4) is 0 Å². The number of hydrogen-bond donors (Lipinski definition) is 10. The molecule has 6 rings (SSSR count). The largest absolute Gasteiger partial charge is 0.394 e. The van der Waals surface area contributed by atoms with E-state index in [1.807, 2.05) is 32.9 Å². The van der Waals surface area contributed by atoms with Crippen LogP contribution in [0.15, 0.2) is 12.2 Å². The van der Waals surface area contributed by atoms with Gasteiger partial charge in [-0.3, -0.25) is 0 Å². The van der Waals surface area contributed by atoms with Crippen molar-refractivity contribution in [3.63, 3.8) is 0 Å². The Labute approximate surface area is 300 Å². The van der Waals surface area contributed by atoms with Crippen LogP contribution in [0.4, 0.5) is 0 Å². The van der Waals surface area contributed by atoms with Gasteiger partial charge >= 0.3 is 0 Å². The van der Waals surface area contributed by atoms with E-state index in [2.05, 4.69) is 13.8 Å². The lowest BCUT2D eigenvalue weighted by Gasteiger charge is -2.66. The van der Waals surface area contributed by atoms with Gasteiger partial charge in [0.1, 0.15) is 36.6 Å². The summed E-state index contributed by atoms with van der Waals surface area (Å²) >= 11 is 0. The smallest absolute Gasteiger partial charge is 0.187 e. The van der Waals surface area contributed by atoms with E-state index in [4.69, 9.17) is 18.9 Å². The lowest BCUT2D eigenvalue weighted by molar-refractivity contribution is -0.306. The molecule has 14 nitrogen and oxygen atoms in total. The molecule has 0 spiro atoms. The van der Waals surface area contributed by atoms with E-state index >= 15 is 0 Å². The fourth-order valence-electron chi connectivity index (χ4n) is 11.6. The highest BCUT2D eigenvalue weighted by molar-refractivity contribution is 5.21. The maximum Gasteiger partial charge on any atom is 0.187 e. The van der Waals surface area contributed by atoms with E-state index in [0.29, 0.717) is 25.7 Å². The minimum Gasteiger partial charge on any atom is -0.394 e. The maximum atomic E-state index is 12.6. The van der Waals surface area contributed by atoms with Crippen LogP contribution in [-0.4, -0.2) is 150 Å². The van der Waals surface area contributed by atoms with Crippen LogP contribution in [0, 0.1) is 46.3 Å². The SMILES string of the molecule is CC(C)C(C=CC(C)C1CC(O)C2C1(C)CCC1C3(C)CCC(O)C(O)C3C(O)CC12O)OC1OC(CO)C(O)C1OC1OCC(O)C(O)C1O. The fourth-order valence-corrected chi connectivity index (χ4v) is 11.6. The van der Waals surface area contributed by atoms with Gasteiger partial charge in [-0.05, 0) is 66.6 Å². The Morgan fingerprint density at radius 3 is 2.14 bits per heavy atom. The average Bonchev–Trinajstić information content (AvgIpc) is 3.52. The minimum atomic E-state index is -1.60. The van der Waals surface area contributed by atoms with E-state index in [1.54, 1.807) is 0 Å². The summed E-state index contributed by atoms with van der Waals surface area (Å²) in [5.41, 5.74) is -2.39. The summed E-state index contributed by atoms with van der Waals surface area (Å²) in [5, 5.41) is 108. The Hall–Kier alpha value is -0.820. The third kappa shape index (κ3) is 6.66. The maximum absolute atomic E-state index is 12.6. The molecule has 0 amide bonds. The molecular weight excluding hydrogens is 668 g/mol. The van der Waals surface area contributed by atoms with Gasteiger partial charge in [-0.15, -0.1) is 0 Å². The molecule has 2 aliphatic heterocycles. The topological polar surface area (TPSA) is 239 Å². The molecule has 0 bridgehead atoms. The Morgan fingerprint density at radius 2 is 1.47 bits per heavy atom. The predicted molar refractivity (Wildman–Crippen MR) is 179 cm³/mol. The first-order valence-corrected chi connectivity index (χ1v) is 18.9. The number of ether oxygens (including phenoxy) is 4. The van der Waals surface area contributed by atoms with Crippen LogP contribution in [0.25, 0.3) is 0 Å². The molecule has 10 N–H and O–H groups in total. The van der Waals surface area contributed by atoms with Gasteiger partial charge in [-0.1, -0.05) is 46.8 Å². The van der Waals surface area contributed by atoms with Crippen molar-refractivity contribution in [2.24, 2.45) is 46.3 Å². The van der Waals surface area contributed by atoms with Crippen LogP contribution < -0.4 is 0 Å². The third-order valence-electron chi connectivity index (χ3n) is 14.2. The lowest BCUT2D eigenvalue weighted by Crippen LogP contribution is -2.70. The summed E-state index contributed by atoms with van der Waals surface area (Å²) in [6.07, 6.45) is -8.07. The van der Waals surface area contributed by atoms with Crippen molar-refractivity contribution in [2.75, 3.05) is 13.2 Å². The summed E-state index contributed by atoms with van der Waals surface area (Å²) < 4.78 is 23.4. The van der Waals surface area contributed by atoms with Gasteiger partial charge in [0.15, 0.2) is 12.6 Å². The standard InChI is InChI=1S/C37H62O14/c1-16(2)23(49-34-31(29(45)24(14-38)50-34)51-33-30(46)28(44)22(42)15-48-33)7-6-17(3)18-12-20(40)32-35(18,4)11-9-25-36(5)10-8-19(39)27(43)26(36)21(41)13-37(25,32)47/h6-7,16-34,38-47H,8-15H2,1-5H3. The molecule has 14 heteroatoms. The van der Waals surface area contributed by atoms with Crippen molar-refractivity contribution in [3.8, 4) is 0 Å². The molecule has 4 saturated carbocycles. The molecule has 0 aromatic heterocycles. The number of aliphatic hydroxyl groups excluding tert-OH is 9. The van der Waals surface area contributed by atoms with E-state index in [0.717, 1.165) is 6.42 Å². The summed E-state index contributed by atoms with van der Waals surface area (Å²) in [7, 11) is 0. The molecule has 0 radical (unpaired) electrons. The molecule has 6 fully saturated rings. The molecule has 21 atom stereocenters. The number of allylic oxidation sites excluding steroid dienone is 1. The molecule has 2 saturated heterocycles. The summed E-state index contributed by atoms with van der Waals surface area (Å²) in [5.74, 6) is -1.44. The van der Waals surface area contributed by atoms with Crippen LogP contribution >= 0.6 is 0 Å². The summed E-state index contributed by atoms with van der Waals surface area (Å²) in [6, 6.07) is 0. The zero-order chi connectivity index (χ0) is 37.4. The third-order valence-corrected chi connectivity index (χ3v) is 14.2. The molecule has 2 heterocycles. The Balaban J connectivity index is 1.18. The van der Waals surface area contributed by atoms with E-state index in [1.165, 1.54) is 0 Å². The van der Waals surface area contributed by atoms with Crippen LogP contribution in [-0.2, 0) is 18.9 Å². The van der Waals surface area contributed by atoms with E-state index in [-0.39, 0.29) is 36.7 Å². The number of hydrogen-bond acceptors (Lipinski definition) is 14. The Morgan fingerprint density at radius 1 is 0.784 bits per heavy atom. The quantitative estimate of drug-likeness (QED) is 0.130. The van der Waals surface area contributed by atoms with Gasteiger partial charge in [0.25, 0.3) is 0 Å². The van der Waals surface area contributed by atoms with Crippen molar-refractivity contribution in [2.45, 2.75) is 158 Å². The van der Waals surface area contributed by atoms with E-state index < -0.39 is 115 Å². The second-order valence-electron chi connectivity index (χ2n) is 17.5. The first kappa shape index (κ1) is 39.9. The number of aliphatic hydroxyl groups is 10. The molecule has 21 unspecified atom stereocenters. The van der Waals surface area contributed by atoms with Crippen molar-refractivity contribution < 1.29 is 70.0 Å². The highest BCUT2D eigenvalue weighted by Gasteiger charge is 2.71. The number of rotatable bonds is 9. The molecule has 0 aromatic carbocycles. The van der Waals surface area contributed by atoms with E-state index in [9.17, 15) is 51.1 Å². The first-order valence-electron chi connectivity index (χ1n) is 18.9. The predicted octanol–water partition coefficient (Wildman–Crippen LogP) is -0.831. The van der Waals surface area contributed by atoms with Crippen LogP contribution in [0.1, 0.15) is 73.1 Å². The number of fused-ring (bicyclic) bond motifs is 5. The zero-order valence-corrected chi connectivity index (χ0v) is 30.4. The highest BCUT2D eigenvalue weighted by Crippen LogP contribution is 2.69. The van der Waals surface area contributed by atoms with Crippen LogP contribution in [0.2, 0.25) is 0 Å². The second kappa shape index (κ2) is 14.7. The highest BCUT2D eigenvalue weighted by atomic mass is 16.8. The van der Waals surface area contributed by atoms with Gasteiger partial charge in [0, 0.05) is 18.3 Å². The van der Waals surface area contributed by atoms with Gasteiger partial charge in [0.2, 0.25) is 0 Å². The fraction of sp³-hybridized carbons (Fsp3) is 0.946. The van der Waals surface area contributed by atoms with Crippen molar-refractivity contribution in [3.05, 3.63) is 12.2 Å². The molecule has 4 aliphatic carbocycles. The van der Waals surface area contributed by atoms with Crippen molar-refractivity contribution in [1.82, 2.24) is 0 Å². The Kier molecular flexibility index (Phi) is 11.5. The molecule has 6 aliphatic rings. The molecule has 51 heavy (non-hydrogen) atoms. The van der Waals surface area contributed by atoms with Gasteiger partial charge in [-0.2, -0.15) is 0 Å². The molecule has 294 valence electrons. The molecular formula is C37H62O14. The summed E-state index contributed by atoms with van der Waals surface area (Å²) in [6.45, 7) is 9.32. The zero-order valence-electron chi connectivity index (χ0n) is 30.4. The van der Waals surface area contributed by atoms with Gasteiger partial charge < -0.3 is 70.0 Å².